The zero-order valence-electron chi connectivity index (χ0n) is 20.6. The van der Waals surface area contributed by atoms with Gasteiger partial charge in [-0.2, -0.15) is 0 Å². The molecule has 0 radical (unpaired) electrons. The van der Waals surface area contributed by atoms with Gasteiger partial charge >= 0.3 is 0 Å². The number of hydrogen-bond donors (Lipinski definition) is 1. The zero-order valence-corrected chi connectivity index (χ0v) is 20.6. The Balaban J connectivity index is 1.84. The van der Waals surface area contributed by atoms with E-state index in [0.717, 1.165) is 62.1 Å². The smallest absolute Gasteiger partial charge is 0.232 e. The van der Waals surface area contributed by atoms with E-state index < -0.39 is 6.10 Å². The molecule has 184 valence electrons. The Morgan fingerprint density at radius 1 is 1.18 bits per heavy atom. The molecule has 0 aliphatic carbocycles. The first-order valence-corrected chi connectivity index (χ1v) is 12.0. The molecule has 0 saturated carbocycles. The molecule has 1 saturated heterocycles. The van der Waals surface area contributed by atoms with Gasteiger partial charge in [0.05, 0.1) is 31.5 Å². The van der Waals surface area contributed by atoms with Crippen molar-refractivity contribution in [3.63, 3.8) is 0 Å². The molecule has 2 aromatic rings. The molecule has 2 heterocycles. The molecule has 3 rings (SSSR count). The minimum absolute atomic E-state index is 0.269. The van der Waals surface area contributed by atoms with Gasteiger partial charge in [-0.05, 0) is 20.8 Å². The molecule has 8 heteroatoms. The van der Waals surface area contributed by atoms with Crippen LogP contribution in [-0.4, -0.2) is 98.4 Å². The van der Waals surface area contributed by atoms with Crippen molar-refractivity contribution in [1.82, 2.24) is 15.0 Å². The molecular weight excluding hydrogens is 420 g/mol. The van der Waals surface area contributed by atoms with Crippen LogP contribution in [0.5, 0.6) is 0 Å². The van der Waals surface area contributed by atoms with Gasteiger partial charge in [-0.1, -0.05) is 35.5 Å². The van der Waals surface area contributed by atoms with Crippen LogP contribution in [0.4, 0.5) is 5.88 Å². The summed E-state index contributed by atoms with van der Waals surface area (Å²) in [6, 6.07) is 10.4. The highest BCUT2D eigenvalue weighted by Gasteiger charge is 2.25. The lowest BCUT2D eigenvalue weighted by molar-refractivity contribution is 0.00989. The lowest BCUT2D eigenvalue weighted by Gasteiger charge is -2.31. The monoisotopic (exact) mass is 460 g/mol. The van der Waals surface area contributed by atoms with Gasteiger partial charge in [0.2, 0.25) is 5.88 Å². The average Bonchev–Trinajstić information content (AvgIpc) is 3.25. The number of anilines is 1. The van der Waals surface area contributed by atoms with Crippen molar-refractivity contribution in [3.8, 4) is 11.3 Å². The van der Waals surface area contributed by atoms with Gasteiger partial charge in [0.1, 0.15) is 5.69 Å². The van der Waals surface area contributed by atoms with E-state index in [1.165, 1.54) is 0 Å². The van der Waals surface area contributed by atoms with Gasteiger partial charge in [-0.3, -0.25) is 9.80 Å². The van der Waals surface area contributed by atoms with Gasteiger partial charge in [0, 0.05) is 64.5 Å². The van der Waals surface area contributed by atoms with E-state index in [-0.39, 0.29) is 6.04 Å². The van der Waals surface area contributed by atoms with Crippen molar-refractivity contribution in [2.24, 2.45) is 0 Å². The van der Waals surface area contributed by atoms with Crippen LogP contribution in [0.3, 0.4) is 0 Å². The Kier molecular flexibility index (Phi) is 10.1. The summed E-state index contributed by atoms with van der Waals surface area (Å²) in [4.78, 5) is 6.82. The second-order valence-electron chi connectivity index (χ2n) is 8.89. The molecule has 0 amide bonds. The standard InChI is InChI=1S/C25H40N4O4/c1-5-31-19-22(30)17-29(12-11-28-13-15-32-16-14-28)18-23-24(21-9-7-6-8-10-21)26-33-25(23)27(4)20(2)3/h6-10,20,22,30H,5,11-19H2,1-4H3/t22-/m0/s1. The fourth-order valence-electron chi connectivity index (χ4n) is 3.95. The quantitative estimate of drug-likeness (QED) is 0.489. The largest absolute Gasteiger partial charge is 0.389 e. The first-order valence-electron chi connectivity index (χ1n) is 12.0. The number of aliphatic hydroxyl groups excluding tert-OH is 1. The van der Waals surface area contributed by atoms with E-state index in [1.54, 1.807) is 0 Å². The van der Waals surface area contributed by atoms with Crippen molar-refractivity contribution in [2.45, 2.75) is 39.5 Å². The van der Waals surface area contributed by atoms with Gasteiger partial charge in [0.15, 0.2) is 0 Å². The molecule has 1 aliphatic heterocycles. The summed E-state index contributed by atoms with van der Waals surface area (Å²) in [6.07, 6.45) is -0.555. The number of rotatable bonds is 13. The van der Waals surface area contributed by atoms with E-state index in [4.69, 9.17) is 14.0 Å². The summed E-state index contributed by atoms with van der Waals surface area (Å²) in [5.74, 6) is 0.777. The van der Waals surface area contributed by atoms with Crippen LogP contribution in [0.15, 0.2) is 34.9 Å². The maximum atomic E-state index is 10.6. The van der Waals surface area contributed by atoms with E-state index in [0.29, 0.717) is 26.3 Å². The van der Waals surface area contributed by atoms with Gasteiger partial charge in [0.25, 0.3) is 0 Å². The van der Waals surface area contributed by atoms with Crippen molar-refractivity contribution in [1.29, 1.82) is 0 Å². The predicted molar refractivity (Wildman–Crippen MR) is 131 cm³/mol. The molecule has 0 bridgehead atoms. The van der Waals surface area contributed by atoms with Crippen LogP contribution in [0.2, 0.25) is 0 Å². The third-order valence-corrected chi connectivity index (χ3v) is 6.11. The van der Waals surface area contributed by atoms with Crippen LogP contribution in [0, 0.1) is 0 Å². The summed E-state index contributed by atoms with van der Waals surface area (Å²) in [5.41, 5.74) is 2.93. The van der Waals surface area contributed by atoms with Gasteiger partial charge < -0.3 is 24.0 Å². The number of hydrogen-bond acceptors (Lipinski definition) is 8. The maximum absolute atomic E-state index is 10.6. The lowest BCUT2D eigenvalue weighted by atomic mass is 10.1. The highest BCUT2D eigenvalue weighted by Crippen LogP contribution is 2.32. The molecular formula is C25H40N4O4. The highest BCUT2D eigenvalue weighted by molar-refractivity contribution is 5.68. The number of benzene rings is 1. The Morgan fingerprint density at radius 3 is 2.58 bits per heavy atom. The molecule has 1 aromatic heterocycles. The second-order valence-corrected chi connectivity index (χ2v) is 8.89. The molecule has 8 nitrogen and oxygen atoms in total. The SMILES string of the molecule is CCOC[C@@H](O)CN(CCN1CCOCC1)Cc1c(-c2ccccc2)noc1N(C)C(C)C. The van der Waals surface area contributed by atoms with E-state index >= 15 is 0 Å². The first-order chi connectivity index (χ1) is 16.0. The molecule has 33 heavy (non-hydrogen) atoms. The van der Waals surface area contributed by atoms with Crippen molar-refractivity contribution < 1.29 is 19.1 Å². The third-order valence-electron chi connectivity index (χ3n) is 6.11. The van der Waals surface area contributed by atoms with E-state index in [2.05, 4.69) is 45.8 Å². The maximum Gasteiger partial charge on any atom is 0.232 e. The Morgan fingerprint density at radius 2 is 1.91 bits per heavy atom. The first kappa shape index (κ1) is 25.6. The number of nitrogens with zero attached hydrogens (tertiary/aromatic N) is 4. The normalized spacial score (nSPS) is 16.0. The second kappa shape index (κ2) is 13.1. The highest BCUT2D eigenvalue weighted by atomic mass is 16.5. The summed E-state index contributed by atoms with van der Waals surface area (Å²) in [7, 11) is 2.03. The molecule has 0 unspecified atom stereocenters. The van der Waals surface area contributed by atoms with Crippen LogP contribution >= 0.6 is 0 Å². The van der Waals surface area contributed by atoms with Gasteiger partial charge in [-0.25, -0.2) is 0 Å². The molecule has 1 aliphatic rings. The minimum atomic E-state index is -0.555. The predicted octanol–water partition coefficient (Wildman–Crippen LogP) is 2.72. The fourth-order valence-corrected chi connectivity index (χ4v) is 3.95. The topological polar surface area (TPSA) is 74.4 Å². The summed E-state index contributed by atoms with van der Waals surface area (Å²) < 4.78 is 16.8. The third kappa shape index (κ3) is 7.52. The van der Waals surface area contributed by atoms with Crippen molar-refractivity contribution >= 4 is 5.88 Å². The molecule has 1 atom stereocenters. The number of aliphatic hydroxyl groups is 1. The van der Waals surface area contributed by atoms with Gasteiger partial charge in [-0.15, -0.1) is 0 Å². The van der Waals surface area contributed by atoms with Crippen molar-refractivity contribution in [3.05, 3.63) is 35.9 Å². The Labute approximate surface area is 198 Å². The molecule has 1 N–H and O–H groups in total. The summed E-state index contributed by atoms with van der Waals surface area (Å²) in [6.45, 7) is 13.5. The van der Waals surface area contributed by atoms with Crippen LogP contribution in [0.25, 0.3) is 11.3 Å². The van der Waals surface area contributed by atoms with E-state index in [1.807, 2.05) is 32.2 Å². The molecule has 1 aromatic carbocycles. The molecule has 0 spiro atoms. The van der Waals surface area contributed by atoms with Crippen molar-refractivity contribution in [2.75, 3.05) is 71.1 Å². The average molecular weight is 461 g/mol. The fraction of sp³-hybridized carbons (Fsp3) is 0.640. The number of ether oxygens (including phenoxy) is 2. The summed E-state index contributed by atoms with van der Waals surface area (Å²) >= 11 is 0. The number of morpholine rings is 1. The van der Waals surface area contributed by atoms with Crippen LogP contribution in [-0.2, 0) is 16.0 Å². The van der Waals surface area contributed by atoms with Crippen LogP contribution < -0.4 is 4.90 Å². The number of aromatic nitrogens is 1. The van der Waals surface area contributed by atoms with Crippen LogP contribution in [0.1, 0.15) is 26.3 Å². The molecule has 1 fully saturated rings. The zero-order chi connectivity index (χ0) is 23.6. The van der Waals surface area contributed by atoms with E-state index in [9.17, 15) is 5.11 Å². The Bertz CT molecular complexity index is 808. The lowest BCUT2D eigenvalue weighted by Crippen LogP contribution is -2.43. The summed E-state index contributed by atoms with van der Waals surface area (Å²) in [5, 5.41) is 15.1. The minimum Gasteiger partial charge on any atom is -0.389 e. The Hall–Kier alpha value is -1.97.